The van der Waals surface area contributed by atoms with Crippen LogP contribution < -0.4 is 4.74 Å². The molecule has 0 aromatic carbocycles. The number of carbonyl (C=O) groups is 1. The van der Waals surface area contributed by atoms with Gasteiger partial charge >= 0.3 is 12.1 Å². The van der Waals surface area contributed by atoms with Crippen molar-refractivity contribution in [3.63, 3.8) is 0 Å². The van der Waals surface area contributed by atoms with Crippen molar-refractivity contribution >= 4 is 28.9 Å². The first-order valence-corrected chi connectivity index (χ1v) is 5.10. The Labute approximate surface area is 97.7 Å². The molecule has 1 aromatic heterocycles. The molecular weight excluding hydrogens is 269 g/mol. The molecule has 0 radical (unpaired) electrons. The number of hydrogen-bond donors (Lipinski definition) is 0. The Morgan fingerprint density at radius 1 is 1.56 bits per heavy atom. The fourth-order valence-electron chi connectivity index (χ4n) is 0.848. The van der Waals surface area contributed by atoms with Gasteiger partial charge in [0.25, 0.3) is 0 Å². The smallest absolute Gasteiger partial charge is 0.422 e. The van der Waals surface area contributed by atoms with Crippen molar-refractivity contribution in [1.82, 2.24) is 0 Å². The molecule has 0 N–H and O–H groups in total. The van der Waals surface area contributed by atoms with E-state index >= 15 is 0 Å². The van der Waals surface area contributed by atoms with Gasteiger partial charge in [-0.1, -0.05) is 11.6 Å². The van der Waals surface area contributed by atoms with E-state index in [9.17, 15) is 18.0 Å². The average Bonchev–Trinajstić information content (AvgIpc) is 2.54. The second-order valence-corrected chi connectivity index (χ2v) is 4.32. The first-order valence-electron chi connectivity index (χ1n) is 3.90. The molecule has 90 valence electrons. The van der Waals surface area contributed by atoms with Crippen LogP contribution in [0.1, 0.15) is 9.67 Å². The molecule has 0 atom stereocenters. The van der Waals surface area contributed by atoms with Crippen LogP contribution in [0.5, 0.6) is 5.75 Å². The quantitative estimate of drug-likeness (QED) is 0.795. The van der Waals surface area contributed by atoms with Crippen molar-refractivity contribution in [3.05, 3.63) is 15.3 Å². The van der Waals surface area contributed by atoms with Gasteiger partial charge in [-0.05, 0) is 0 Å². The van der Waals surface area contributed by atoms with Crippen LogP contribution in [0.25, 0.3) is 0 Å². The highest BCUT2D eigenvalue weighted by Gasteiger charge is 2.30. The first kappa shape index (κ1) is 13.1. The van der Waals surface area contributed by atoms with Gasteiger partial charge in [0.1, 0.15) is 5.75 Å². The number of ether oxygens (including phenoxy) is 2. The summed E-state index contributed by atoms with van der Waals surface area (Å²) in [6.45, 7) is -1.48. The number of esters is 1. The zero-order valence-electron chi connectivity index (χ0n) is 7.93. The van der Waals surface area contributed by atoms with Crippen LogP contribution in [0.15, 0.2) is 6.07 Å². The summed E-state index contributed by atoms with van der Waals surface area (Å²) in [6.07, 6.45) is -4.47. The Morgan fingerprint density at radius 3 is 2.69 bits per heavy atom. The topological polar surface area (TPSA) is 35.5 Å². The van der Waals surface area contributed by atoms with Crippen LogP contribution in [0.4, 0.5) is 13.2 Å². The normalized spacial score (nSPS) is 11.3. The van der Waals surface area contributed by atoms with E-state index in [4.69, 9.17) is 11.6 Å². The van der Waals surface area contributed by atoms with Gasteiger partial charge in [-0.2, -0.15) is 13.2 Å². The molecule has 0 bridgehead atoms. The summed E-state index contributed by atoms with van der Waals surface area (Å²) in [4.78, 5) is 11.1. The summed E-state index contributed by atoms with van der Waals surface area (Å²) in [7, 11) is 1.11. The van der Waals surface area contributed by atoms with Gasteiger partial charge in [-0.15, -0.1) is 11.3 Å². The molecule has 0 aliphatic heterocycles. The minimum Gasteiger partial charge on any atom is -0.482 e. The second-order valence-electron chi connectivity index (χ2n) is 2.64. The maximum absolute atomic E-state index is 11.9. The molecule has 0 fully saturated rings. The van der Waals surface area contributed by atoms with Crippen LogP contribution in [0, 0.1) is 0 Å². The van der Waals surface area contributed by atoms with Crippen LogP contribution in [-0.4, -0.2) is 25.9 Å². The molecule has 8 heteroatoms. The van der Waals surface area contributed by atoms with Gasteiger partial charge in [-0.25, -0.2) is 4.79 Å². The molecule has 1 aromatic rings. The monoisotopic (exact) mass is 274 g/mol. The second kappa shape index (κ2) is 4.92. The average molecular weight is 275 g/mol. The van der Waals surface area contributed by atoms with E-state index in [1.807, 2.05) is 0 Å². The van der Waals surface area contributed by atoms with Crippen molar-refractivity contribution in [2.75, 3.05) is 13.7 Å². The van der Waals surface area contributed by atoms with Crippen molar-refractivity contribution in [2.24, 2.45) is 0 Å². The van der Waals surface area contributed by atoms with E-state index in [-0.39, 0.29) is 15.0 Å². The number of rotatable bonds is 3. The molecule has 0 saturated carbocycles. The molecule has 1 rings (SSSR count). The highest BCUT2D eigenvalue weighted by atomic mass is 35.5. The molecule has 0 saturated heterocycles. The van der Waals surface area contributed by atoms with Crippen LogP contribution in [-0.2, 0) is 4.74 Å². The SMILES string of the molecule is COC(=O)c1sc(Cl)cc1OCC(F)(F)F. The largest absolute Gasteiger partial charge is 0.482 e. The molecule has 16 heavy (non-hydrogen) atoms. The molecule has 1 heterocycles. The van der Waals surface area contributed by atoms with Gasteiger partial charge in [0.15, 0.2) is 11.5 Å². The highest BCUT2D eigenvalue weighted by molar-refractivity contribution is 7.18. The van der Waals surface area contributed by atoms with Crippen molar-refractivity contribution in [1.29, 1.82) is 0 Å². The Balaban J connectivity index is 2.83. The molecule has 0 unspecified atom stereocenters. The van der Waals surface area contributed by atoms with Crippen molar-refractivity contribution in [3.8, 4) is 5.75 Å². The lowest BCUT2D eigenvalue weighted by Crippen LogP contribution is -2.19. The predicted molar refractivity (Wildman–Crippen MR) is 52.2 cm³/mol. The summed E-state index contributed by atoms with van der Waals surface area (Å²) in [5.41, 5.74) is 0. The summed E-state index contributed by atoms with van der Waals surface area (Å²) in [6, 6.07) is 1.14. The zero-order valence-corrected chi connectivity index (χ0v) is 9.50. The number of halogens is 4. The number of hydrogen-bond acceptors (Lipinski definition) is 4. The van der Waals surface area contributed by atoms with Crippen LogP contribution in [0.3, 0.4) is 0 Å². The van der Waals surface area contributed by atoms with Gasteiger partial charge in [0, 0.05) is 6.07 Å². The van der Waals surface area contributed by atoms with E-state index in [0.29, 0.717) is 0 Å². The molecule has 0 spiro atoms. The summed E-state index contributed by atoms with van der Waals surface area (Å²) in [5.74, 6) is -1.01. The molecule has 0 aliphatic carbocycles. The molecule has 0 aliphatic rings. The standard InChI is InChI=1S/C8H6ClF3O3S/c1-14-7(13)6-4(2-5(9)16-6)15-3-8(10,11)12/h2H,3H2,1H3. The Bertz CT molecular complexity index is 388. The highest BCUT2D eigenvalue weighted by Crippen LogP contribution is 2.34. The molecule has 0 amide bonds. The van der Waals surface area contributed by atoms with E-state index in [1.54, 1.807) is 0 Å². The Morgan fingerprint density at radius 2 is 2.19 bits per heavy atom. The molecule has 3 nitrogen and oxygen atoms in total. The van der Waals surface area contributed by atoms with E-state index in [1.165, 1.54) is 0 Å². The Kier molecular flexibility index (Phi) is 4.03. The fraction of sp³-hybridized carbons (Fsp3) is 0.375. The maximum atomic E-state index is 11.9. The van der Waals surface area contributed by atoms with Gasteiger partial charge < -0.3 is 9.47 Å². The van der Waals surface area contributed by atoms with E-state index in [2.05, 4.69) is 9.47 Å². The van der Waals surface area contributed by atoms with Crippen LogP contribution in [0.2, 0.25) is 4.34 Å². The number of thiophene rings is 1. The Hall–Kier alpha value is -0.950. The van der Waals surface area contributed by atoms with Crippen LogP contribution >= 0.6 is 22.9 Å². The first-order chi connectivity index (χ1) is 7.33. The van der Waals surface area contributed by atoms with Gasteiger partial charge in [0.2, 0.25) is 0 Å². The van der Waals surface area contributed by atoms with Crippen molar-refractivity contribution < 1.29 is 27.4 Å². The van der Waals surface area contributed by atoms with Gasteiger partial charge in [0.05, 0.1) is 11.4 Å². The summed E-state index contributed by atoms with van der Waals surface area (Å²) >= 11 is 6.36. The third-order valence-electron chi connectivity index (χ3n) is 1.43. The summed E-state index contributed by atoms with van der Waals surface area (Å²) < 4.78 is 44.6. The van der Waals surface area contributed by atoms with E-state index in [0.717, 1.165) is 24.5 Å². The third kappa shape index (κ3) is 3.57. The number of methoxy groups -OCH3 is 1. The molecular formula is C8H6ClF3O3S. The fourth-order valence-corrected chi connectivity index (χ4v) is 1.92. The van der Waals surface area contributed by atoms with Gasteiger partial charge in [-0.3, -0.25) is 0 Å². The summed E-state index contributed by atoms with van der Waals surface area (Å²) in [5, 5.41) is 0. The minimum absolute atomic E-state index is 0.0863. The lowest BCUT2D eigenvalue weighted by molar-refractivity contribution is -0.153. The predicted octanol–water partition coefficient (Wildman–Crippen LogP) is 3.13. The number of carbonyl (C=O) groups excluding carboxylic acids is 1. The minimum atomic E-state index is -4.47. The third-order valence-corrected chi connectivity index (χ3v) is 2.66. The zero-order chi connectivity index (χ0) is 12.3. The number of alkyl halides is 3. The van der Waals surface area contributed by atoms with E-state index < -0.39 is 18.8 Å². The lowest BCUT2D eigenvalue weighted by Gasteiger charge is -2.08. The maximum Gasteiger partial charge on any atom is 0.422 e. The van der Waals surface area contributed by atoms with Crippen molar-refractivity contribution in [2.45, 2.75) is 6.18 Å². The lowest BCUT2D eigenvalue weighted by atomic mass is 10.4.